The summed E-state index contributed by atoms with van der Waals surface area (Å²) in [6, 6.07) is 0. The molecule has 0 aliphatic heterocycles. The van der Waals surface area contributed by atoms with E-state index in [0.29, 0.717) is 0 Å². The molecule has 0 bridgehead atoms. The van der Waals surface area contributed by atoms with Gasteiger partial charge in [0.1, 0.15) is 0 Å². The predicted molar refractivity (Wildman–Crippen MR) is 51.0 cm³/mol. The molecular weight excluding hydrogens is 156 g/mol. The minimum Gasteiger partial charge on any atom is -0.259 e. The number of nitrogens with two attached hydrogens (primary N) is 1. The van der Waals surface area contributed by atoms with Crippen molar-refractivity contribution in [1.29, 1.82) is 0 Å². The highest BCUT2D eigenvalue weighted by atomic mass is 32.2. The molecular formula is C8H18N2S. The lowest BCUT2D eigenvalue weighted by Crippen LogP contribution is -2.25. The SMILES string of the molecule is CC1CCCC(SN(C)N)C1. The Labute approximate surface area is 73.6 Å². The van der Waals surface area contributed by atoms with Gasteiger partial charge in [0.05, 0.1) is 0 Å². The maximum Gasteiger partial charge on any atom is 0.0210 e. The number of hydrazine groups is 1. The van der Waals surface area contributed by atoms with Gasteiger partial charge >= 0.3 is 0 Å². The van der Waals surface area contributed by atoms with Crippen LogP contribution >= 0.6 is 11.9 Å². The van der Waals surface area contributed by atoms with E-state index in [-0.39, 0.29) is 0 Å². The average Bonchev–Trinajstić information content (AvgIpc) is 1.85. The third-order valence-electron chi connectivity index (χ3n) is 2.20. The first-order valence-corrected chi connectivity index (χ1v) is 5.17. The first-order chi connectivity index (χ1) is 5.18. The molecule has 0 radical (unpaired) electrons. The summed E-state index contributed by atoms with van der Waals surface area (Å²) >= 11 is 1.79. The Balaban J connectivity index is 2.23. The summed E-state index contributed by atoms with van der Waals surface area (Å²) in [4.78, 5) is 0. The molecule has 1 aliphatic rings. The van der Waals surface area contributed by atoms with Gasteiger partial charge in [-0.3, -0.25) is 5.84 Å². The van der Waals surface area contributed by atoms with E-state index in [1.807, 2.05) is 7.05 Å². The van der Waals surface area contributed by atoms with Crippen LogP contribution in [0.15, 0.2) is 0 Å². The molecule has 0 heterocycles. The van der Waals surface area contributed by atoms with Gasteiger partial charge in [0.2, 0.25) is 0 Å². The van der Waals surface area contributed by atoms with Gasteiger partial charge < -0.3 is 0 Å². The lowest BCUT2D eigenvalue weighted by atomic mass is 9.91. The van der Waals surface area contributed by atoms with Crippen molar-refractivity contribution in [3.8, 4) is 0 Å². The Bertz CT molecular complexity index is 115. The fourth-order valence-electron chi connectivity index (χ4n) is 1.71. The molecule has 0 amide bonds. The van der Waals surface area contributed by atoms with Gasteiger partial charge in [-0.1, -0.05) is 31.7 Å². The van der Waals surface area contributed by atoms with Gasteiger partial charge in [-0.25, -0.2) is 0 Å². The molecule has 1 saturated carbocycles. The first-order valence-electron chi connectivity index (χ1n) is 4.33. The quantitative estimate of drug-likeness (QED) is 0.394. The molecule has 11 heavy (non-hydrogen) atoms. The van der Waals surface area contributed by atoms with Gasteiger partial charge in [-0.05, 0) is 18.8 Å². The second kappa shape index (κ2) is 4.33. The maximum absolute atomic E-state index is 5.56. The van der Waals surface area contributed by atoms with Crippen LogP contribution in [0.1, 0.15) is 32.6 Å². The molecule has 0 aromatic rings. The molecule has 3 heteroatoms. The molecule has 1 rings (SSSR count). The zero-order valence-electron chi connectivity index (χ0n) is 7.42. The zero-order chi connectivity index (χ0) is 8.27. The topological polar surface area (TPSA) is 29.3 Å². The van der Waals surface area contributed by atoms with Crippen molar-refractivity contribution in [2.45, 2.75) is 37.9 Å². The Morgan fingerprint density at radius 1 is 1.45 bits per heavy atom. The van der Waals surface area contributed by atoms with E-state index in [2.05, 4.69) is 6.92 Å². The predicted octanol–water partition coefficient (Wildman–Crippen LogP) is 2.02. The van der Waals surface area contributed by atoms with Crippen LogP contribution in [0.2, 0.25) is 0 Å². The van der Waals surface area contributed by atoms with Crippen molar-refractivity contribution in [3.05, 3.63) is 0 Å². The molecule has 2 unspecified atom stereocenters. The molecule has 0 saturated heterocycles. The minimum atomic E-state index is 0.772. The van der Waals surface area contributed by atoms with E-state index in [0.717, 1.165) is 11.2 Å². The largest absolute Gasteiger partial charge is 0.259 e. The Morgan fingerprint density at radius 3 is 2.73 bits per heavy atom. The highest BCUT2D eigenvalue weighted by molar-refractivity contribution is 7.97. The fraction of sp³-hybridized carbons (Fsp3) is 1.00. The van der Waals surface area contributed by atoms with Crippen molar-refractivity contribution in [1.82, 2.24) is 4.41 Å². The molecule has 0 aromatic heterocycles. The summed E-state index contributed by atoms with van der Waals surface area (Å²) < 4.78 is 1.74. The summed E-state index contributed by atoms with van der Waals surface area (Å²) in [6.07, 6.45) is 5.47. The van der Waals surface area contributed by atoms with Crippen LogP contribution in [0.3, 0.4) is 0 Å². The normalized spacial score (nSPS) is 32.7. The molecule has 2 N–H and O–H groups in total. The number of nitrogens with zero attached hydrogens (tertiary/aromatic N) is 1. The second-order valence-corrected chi connectivity index (χ2v) is 5.00. The van der Waals surface area contributed by atoms with Gasteiger partial charge in [0.15, 0.2) is 0 Å². The Hall–Kier alpha value is 0.270. The monoisotopic (exact) mass is 174 g/mol. The van der Waals surface area contributed by atoms with Gasteiger partial charge in [-0.2, -0.15) is 4.41 Å². The number of rotatable bonds is 2. The van der Waals surface area contributed by atoms with Gasteiger partial charge in [0, 0.05) is 12.3 Å². The summed E-state index contributed by atoms with van der Waals surface area (Å²) in [5.74, 6) is 6.47. The third-order valence-corrected chi connectivity index (χ3v) is 3.26. The third kappa shape index (κ3) is 3.45. The standard InChI is InChI=1S/C8H18N2S/c1-7-4-3-5-8(6-7)11-10(2)9/h7-8H,3-6,9H2,1-2H3. The lowest BCUT2D eigenvalue weighted by molar-refractivity contribution is 0.389. The van der Waals surface area contributed by atoms with E-state index < -0.39 is 0 Å². The second-order valence-electron chi connectivity index (χ2n) is 3.55. The smallest absolute Gasteiger partial charge is 0.0210 e. The van der Waals surface area contributed by atoms with Crippen LogP contribution in [0.4, 0.5) is 0 Å². The summed E-state index contributed by atoms with van der Waals surface area (Å²) in [5.41, 5.74) is 0. The van der Waals surface area contributed by atoms with E-state index in [4.69, 9.17) is 5.84 Å². The van der Waals surface area contributed by atoms with E-state index in [1.165, 1.54) is 25.7 Å². The van der Waals surface area contributed by atoms with E-state index >= 15 is 0 Å². The molecule has 1 aliphatic carbocycles. The molecule has 1 fully saturated rings. The number of hydrogen-bond donors (Lipinski definition) is 1. The average molecular weight is 174 g/mol. The molecule has 0 aromatic carbocycles. The Morgan fingerprint density at radius 2 is 2.18 bits per heavy atom. The highest BCUT2D eigenvalue weighted by Crippen LogP contribution is 2.31. The highest BCUT2D eigenvalue weighted by Gasteiger charge is 2.19. The lowest BCUT2D eigenvalue weighted by Gasteiger charge is -2.27. The maximum atomic E-state index is 5.56. The van der Waals surface area contributed by atoms with Crippen LogP contribution < -0.4 is 5.84 Å². The summed E-state index contributed by atoms with van der Waals surface area (Å²) in [6.45, 7) is 2.34. The van der Waals surface area contributed by atoms with Crippen molar-refractivity contribution in [2.24, 2.45) is 11.8 Å². The molecule has 2 atom stereocenters. The van der Waals surface area contributed by atoms with Crippen LogP contribution in [-0.4, -0.2) is 16.7 Å². The van der Waals surface area contributed by atoms with Gasteiger partial charge in [-0.15, -0.1) is 0 Å². The van der Waals surface area contributed by atoms with Crippen LogP contribution in [0, 0.1) is 5.92 Å². The molecule has 66 valence electrons. The fourth-order valence-corrected chi connectivity index (χ4v) is 2.87. The van der Waals surface area contributed by atoms with Crippen molar-refractivity contribution in [3.63, 3.8) is 0 Å². The van der Waals surface area contributed by atoms with Crippen molar-refractivity contribution in [2.75, 3.05) is 7.05 Å². The van der Waals surface area contributed by atoms with Gasteiger partial charge in [0.25, 0.3) is 0 Å². The summed E-state index contributed by atoms with van der Waals surface area (Å²) in [7, 11) is 1.92. The van der Waals surface area contributed by atoms with Crippen molar-refractivity contribution >= 4 is 11.9 Å². The first kappa shape index (κ1) is 9.36. The number of hydrogen-bond acceptors (Lipinski definition) is 3. The minimum absolute atomic E-state index is 0.772. The summed E-state index contributed by atoms with van der Waals surface area (Å²) in [5, 5.41) is 0.772. The zero-order valence-corrected chi connectivity index (χ0v) is 8.23. The van der Waals surface area contributed by atoms with E-state index in [1.54, 1.807) is 16.4 Å². The van der Waals surface area contributed by atoms with Crippen LogP contribution in [-0.2, 0) is 0 Å². The molecule has 0 spiro atoms. The molecule has 2 nitrogen and oxygen atoms in total. The van der Waals surface area contributed by atoms with E-state index in [9.17, 15) is 0 Å². The van der Waals surface area contributed by atoms with Crippen LogP contribution in [0.5, 0.6) is 0 Å². The van der Waals surface area contributed by atoms with Crippen LogP contribution in [0.25, 0.3) is 0 Å². The Kier molecular flexibility index (Phi) is 3.69. The van der Waals surface area contributed by atoms with Crippen molar-refractivity contribution < 1.29 is 0 Å².